The molecule has 0 aliphatic heterocycles. The molecule has 0 spiro atoms. The van der Waals surface area contributed by atoms with Crippen molar-refractivity contribution in [1.29, 1.82) is 0 Å². The van der Waals surface area contributed by atoms with Gasteiger partial charge in [-0.25, -0.2) is 4.18 Å². The summed E-state index contributed by atoms with van der Waals surface area (Å²) in [6.45, 7) is 1.04. The molecule has 98 valence electrons. The normalized spacial score (nSPS) is 17.1. The molecule has 0 radical (unpaired) electrons. The summed E-state index contributed by atoms with van der Waals surface area (Å²) >= 11 is 0. The van der Waals surface area contributed by atoms with Gasteiger partial charge in [-0.2, -0.15) is 21.6 Å². The van der Waals surface area contributed by atoms with E-state index in [1.807, 2.05) is 0 Å². The van der Waals surface area contributed by atoms with Crippen LogP contribution in [0.25, 0.3) is 0 Å². The highest BCUT2D eigenvalue weighted by atomic mass is 32.3. The summed E-state index contributed by atoms with van der Waals surface area (Å²) in [4.78, 5) is 0. The van der Waals surface area contributed by atoms with Crippen molar-refractivity contribution in [2.24, 2.45) is 0 Å². The molecule has 2 atom stereocenters. The maximum absolute atomic E-state index is 12.3. The Hall–Kier alpha value is -0.150. The standard InChI is InChI=1S/C5H10F3O6PS/c1-3-13-15(9)4(5(6,7)8)14-16(10,11)12-2/h4,15H,3H2,1-2H3. The Bertz CT molecular complexity index is 339. The van der Waals surface area contributed by atoms with Gasteiger partial charge in [0.25, 0.3) is 0 Å². The average molecular weight is 286 g/mol. The van der Waals surface area contributed by atoms with E-state index >= 15 is 0 Å². The van der Waals surface area contributed by atoms with Crippen molar-refractivity contribution in [3.05, 3.63) is 0 Å². The van der Waals surface area contributed by atoms with E-state index in [0.29, 0.717) is 7.11 Å². The lowest BCUT2D eigenvalue weighted by atomic mass is 10.7. The predicted molar refractivity (Wildman–Crippen MR) is 47.5 cm³/mol. The Morgan fingerprint density at radius 2 is 1.88 bits per heavy atom. The zero-order valence-electron chi connectivity index (χ0n) is 8.28. The molecule has 2 unspecified atom stereocenters. The molecule has 0 bridgehead atoms. The Kier molecular flexibility index (Phi) is 5.91. The van der Waals surface area contributed by atoms with Crippen LogP contribution in [0.3, 0.4) is 0 Å². The second-order valence-electron chi connectivity index (χ2n) is 2.34. The molecule has 0 rings (SSSR count). The fraction of sp³-hybridized carbons (Fsp3) is 1.00. The summed E-state index contributed by atoms with van der Waals surface area (Å²) in [5.41, 5.74) is 0. The van der Waals surface area contributed by atoms with E-state index in [1.54, 1.807) is 0 Å². The van der Waals surface area contributed by atoms with Crippen LogP contribution in [0.1, 0.15) is 6.92 Å². The fourth-order valence-electron chi connectivity index (χ4n) is 0.603. The SMILES string of the molecule is CCO[PH](=O)C(OS(=O)(=O)OC)C(F)(F)F. The monoisotopic (exact) mass is 286 g/mol. The van der Waals surface area contributed by atoms with E-state index in [2.05, 4.69) is 12.9 Å². The third-order valence-electron chi connectivity index (χ3n) is 1.22. The summed E-state index contributed by atoms with van der Waals surface area (Å²) in [7, 11) is -7.96. The second kappa shape index (κ2) is 5.97. The van der Waals surface area contributed by atoms with Gasteiger partial charge in [0.2, 0.25) is 13.9 Å². The third kappa shape index (κ3) is 5.26. The van der Waals surface area contributed by atoms with Crippen molar-refractivity contribution < 1.29 is 39.0 Å². The van der Waals surface area contributed by atoms with Crippen LogP contribution in [0.15, 0.2) is 0 Å². The minimum absolute atomic E-state index is 0.263. The Morgan fingerprint density at radius 1 is 1.38 bits per heavy atom. The number of rotatable bonds is 6. The van der Waals surface area contributed by atoms with E-state index in [-0.39, 0.29) is 6.61 Å². The van der Waals surface area contributed by atoms with Crippen molar-refractivity contribution in [2.75, 3.05) is 13.7 Å². The summed E-state index contributed by atoms with van der Waals surface area (Å²) in [6.07, 6.45) is -5.13. The van der Waals surface area contributed by atoms with Gasteiger partial charge in [0, 0.05) is 0 Å². The van der Waals surface area contributed by atoms with E-state index in [9.17, 15) is 26.2 Å². The van der Waals surface area contributed by atoms with E-state index < -0.39 is 30.4 Å². The van der Waals surface area contributed by atoms with E-state index in [0.717, 1.165) is 0 Å². The van der Waals surface area contributed by atoms with Crippen LogP contribution in [0, 0.1) is 0 Å². The van der Waals surface area contributed by atoms with Gasteiger partial charge in [-0.1, -0.05) is 0 Å². The van der Waals surface area contributed by atoms with Gasteiger partial charge in [0.1, 0.15) is 0 Å². The van der Waals surface area contributed by atoms with Gasteiger partial charge < -0.3 is 4.52 Å². The molecule has 0 saturated carbocycles. The average Bonchev–Trinajstić information content (AvgIpc) is 2.13. The number of alkyl halides is 3. The van der Waals surface area contributed by atoms with Crippen LogP contribution < -0.4 is 0 Å². The van der Waals surface area contributed by atoms with E-state index in [1.165, 1.54) is 6.92 Å². The van der Waals surface area contributed by atoms with Crippen LogP contribution in [0.5, 0.6) is 0 Å². The highest BCUT2D eigenvalue weighted by molar-refractivity contribution is 7.82. The molecule has 0 aromatic carbocycles. The quantitative estimate of drug-likeness (QED) is 0.685. The molecule has 0 heterocycles. The summed E-state index contributed by atoms with van der Waals surface area (Å²) < 4.78 is 80.5. The molecular formula is C5H10F3O6PS. The van der Waals surface area contributed by atoms with E-state index in [4.69, 9.17) is 0 Å². The zero-order valence-corrected chi connectivity index (χ0v) is 10.1. The van der Waals surface area contributed by atoms with Crippen molar-refractivity contribution in [1.82, 2.24) is 0 Å². The van der Waals surface area contributed by atoms with Crippen LogP contribution in [0.2, 0.25) is 0 Å². The molecule has 0 saturated heterocycles. The Balaban J connectivity index is 4.91. The molecule has 0 aromatic rings. The first-order valence-electron chi connectivity index (χ1n) is 3.86. The van der Waals surface area contributed by atoms with Gasteiger partial charge >= 0.3 is 16.6 Å². The van der Waals surface area contributed by atoms with Gasteiger partial charge in [-0.05, 0) is 6.92 Å². The van der Waals surface area contributed by atoms with Crippen LogP contribution >= 0.6 is 8.03 Å². The maximum Gasteiger partial charge on any atom is 0.425 e. The van der Waals surface area contributed by atoms with Crippen molar-refractivity contribution in [3.63, 3.8) is 0 Å². The third-order valence-corrected chi connectivity index (χ3v) is 3.67. The number of hydrogen-bond acceptors (Lipinski definition) is 6. The molecule has 6 nitrogen and oxygen atoms in total. The number of hydrogen-bond donors (Lipinski definition) is 0. The maximum atomic E-state index is 12.3. The van der Waals surface area contributed by atoms with Gasteiger partial charge in [-0.15, -0.1) is 0 Å². The Labute approximate surface area is 90.9 Å². The number of halogens is 3. The molecular weight excluding hydrogens is 276 g/mol. The summed E-state index contributed by atoms with van der Waals surface area (Å²) in [6, 6.07) is 0. The Morgan fingerprint density at radius 3 is 2.19 bits per heavy atom. The van der Waals surface area contributed by atoms with Crippen molar-refractivity contribution in [3.8, 4) is 0 Å². The van der Waals surface area contributed by atoms with Gasteiger partial charge in [-0.3, -0.25) is 8.75 Å². The molecule has 0 aliphatic carbocycles. The van der Waals surface area contributed by atoms with Crippen molar-refractivity contribution in [2.45, 2.75) is 18.9 Å². The van der Waals surface area contributed by atoms with Gasteiger partial charge in [0.05, 0.1) is 13.7 Å². The first kappa shape index (κ1) is 15.9. The predicted octanol–water partition coefficient (Wildman–Crippen LogP) is 1.29. The lowest BCUT2D eigenvalue weighted by Gasteiger charge is -2.18. The zero-order chi connectivity index (χ0) is 13.0. The topological polar surface area (TPSA) is 78.9 Å². The molecule has 11 heteroatoms. The minimum Gasteiger partial charge on any atom is -0.329 e. The van der Waals surface area contributed by atoms with Crippen LogP contribution in [-0.2, 0) is 27.9 Å². The highest BCUT2D eigenvalue weighted by Gasteiger charge is 2.48. The molecule has 0 aromatic heterocycles. The molecule has 0 fully saturated rings. The van der Waals surface area contributed by atoms with Crippen LogP contribution in [0.4, 0.5) is 13.2 Å². The largest absolute Gasteiger partial charge is 0.425 e. The highest BCUT2D eigenvalue weighted by Crippen LogP contribution is 2.42. The molecule has 0 N–H and O–H groups in total. The van der Waals surface area contributed by atoms with Crippen molar-refractivity contribution >= 4 is 18.4 Å². The van der Waals surface area contributed by atoms with Crippen LogP contribution in [-0.4, -0.2) is 34.2 Å². The minimum atomic E-state index is -5.13. The smallest absolute Gasteiger partial charge is 0.329 e. The summed E-state index contributed by atoms with van der Waals surface area (Å²) in [5.74, 6) is -3.04. The first-order chi connectivity index (χ1) is 7.14. The second-order valence-corrected chi connectivity index (χ2v) is 5.14. The summed E-state index contributed by atoms with van der Waals surface area (Å²) in [5, 5.41) is 0. The fourth-order valence-corrected chi connectivity index (χ4v) is 2.40. The lowest BCUT2D eigenvalue weighted by molar-refractivity contribution is -0.171. The molecule has 0 aliphatic rings. The molecule has 0 amide bonds. The molecule has 16 heavy (non-hydrogen) atoms. The first-order valence-corrected chi connectivity index (χ1v) is 6.59. The lowest BCUT2D eigenvalue weighted by Crippen LogP contribution is -2.31. The van der Waals surface area contributed by atoms with Gasteiger partial charge in [0.15, 0.2) is 0 Å².